The zero-order valence-electron chi connectivity index (χ0n) is 8.12. The molecular formula is C8H11NO5. The first-order valence-electron chi connectivity index (χ1n) is 3.66. The topological polar surface area (TPSA) is 81.7 Å². The number of rotatable bonds is 3. The second-order valence-electron chi connectivity index (χ2n) is 2.24. The standard InChI is InChI=1S/C8H11NO5/c1-5(10)9-4-6(7(11)13-2)8(12)14-3/h4H,1-3H3,(H,9,10). The summed E-state index contributed by atoms with van der Waals surface area (Å²) >= 11 is 0. The van der Waals surface area contributed by atoms with E-state index in [4.69, 9.17) is 0 Å². The van der Waals surface area contributed by atoms with Crippen molar-refractivity contribution >= 4 is 17.8 Å². The van der Waals surface area contributed by atoms with Crippen LogP contribution < -0.4 is 5.32 Å². The molecule has 0 aliphatic rings. The number of nitrogens with one attached hydrogen (secondary N) is 1. The third-order valence-corrected chi connectivity index (χ3v) is 1.23. The monoisotopic (exact) mass is 201 g/mol. The van der Waals surface area contributed by atoms with Crippen molar-refractivity contribution in [3.8, 4) is 0 Å². The van der Waals surface area contributed by atoms with E-state index in [0.29, 0.717) is 0 Å². The lowest BCUT2D eigenvalue weighted by Crippen LogP contribution is -2.21. The van der Waals surface area contributed by atoms with Crippen LogP contribution in [0, 0.1) is 0 Å². The second kappa shape index (κ2) is 5.74. The van der Waals surface area contributed by atoms with Gasteiger partial charge in [0.15, 0.2) is 5.57 Å². The summed E-state index contributed by atoms with van der Waals surface area (Å²) in [6.45, 7) is 1.24. The number of ether oxygens (including phenoxy) is 2. The van der Waals surface area contributed by atoms with Crippen LogP contribution in [0.3, 0.4) is 0 Å². The molecule has 1 amide bonds. The van der Waals surface area contributed by atoms with E-state index in [1.807, 2.05) is 0 Å². The Balaban J connectivity index is 4.71. The van der Waals surface area contributed by atoms with Gasteiger partial charge in [0.2, 0.25) is 5.91 Å². The highest BCUT2D eigenvalue weighted by atomic mass is 16.5. The van der Waals surface area contributed by atoms with Gasteiger partial charge < -0.3 is 14.8 Å². The highest BCUT2D eigenvalue weighted by Gasteiger charge is 2.19. The fraction of sp³-hybridized carbons (Fsp3) is 0.375. The van der Waals surface area contributed by atoms with Crippen LogP contribution in [0.5, 0.6) is 0 Å². The highest BCUT2D eigenvalue weighted by molar-refractivity contribution is 6.14. The average Bonchev–Trinajstić information content (AvgIpc) is 2.16. The van der Waals surface area contributed by atoms with Crippen LogP contribution in [-0.2, 0) is 23.9 Å². The van der Waals surface area contributed by atoms with Gasteiger partial charge >= 0.3 is 11.9 Å². The molecular weight excluding hydrogens is 190 g/mol. The zero-order chi connectivity index (χ0) is 11.1. The molecule has 14 heavy (non-hydrogen) atoms. The summed E-state index contributed by atoms with van der Waals surface area (Å²) in [6, 6.07) is 0. The first-order valence-corrected chi connectivity index (χ1v) is 3.66. The summed E-state index contributed by atoms with van der Waals surface area (Å²) in [5, 5.41) is 2.17. The summed E-state index contributed by atoms with van der Waals surface area (Å²) in [6.07, 6.45) is 0.944. The molecule has 0 atom stereocenters. The van der Waals surface area contributed by atoms with Crippen LogP contribution in [0.1, 0.15) is 6.92 Å². The lowest BCUT2D eigenvalue weighted by atomic mass is 10.3. The Morgan fingerprint density at radius 2 is 1.50 bits per heavy atom. The molecule has 0 saturated carbocycles. The minimum Gasteiger partial charge on any atom is -0.465 e. The minimum atomic E-state index is -0.870. The molecule has 6 heteroatoms. The summed E-state index contributed by atoms with van der Waals surface area (Å²) in [4.78, 5) is 32.5. The normalized spacial score (nSPS) is 8.50. The van der Waals surface area contributed by atoms with Crippen molar-refractivity contribution < 1.29 is 23.9 Å². The van der Waals surface area contributed by atoms with E-state index in [2.05, 4.69) is 14.8 Å². The quantitative estimate of drug-likeness (QED) is 0.284. The van der Waals surface area contributed by atoms with E-state index in [-0.39, 0.29) is 5.57 Å². The van der Waals surface area contributed by atoms with E-state index in [9.17, 15) is 14.4 Å². The molecule has 0 saturated heterocycles. The van der Waals surface area contributed by atoms with Crippen molar-refractivity contribution in [2.75, 3.05) is 14.2 Å². The molecule has 0 rings (SSSR count). The van der Waals surface area contributed by atoms with E-state index in [1.165, 1.54) is 6.92 Å². The Kier molecular flexibility index (Phi) is 4.98. The van der Waals surface area contributed by atoms with E-state index >= 15 is 0 Å². The van der Waals surface area contributed by atoms with Gasteiger partial charge in [-0.3, -0.25) is 4.79 Å². The van der Waals surface area contributed by atoms with Crippen molar-refractivity contribution in [2.24, 2.45) is 0 Å². The molecule has 0 radical (unpaired) electrons. The molecule has 0 aromatic heterocycles. The van der Waals surface area contributed by atoms with Gasteiger partial charge in [0, 0.05) is 13.1 Å². The Labute approximate surface area is 80.9 Å². The molecule has 78 valence electrons. The third-order valence-electron chi connectivity index (χ3n) is 1.23. The van der Waals surface area contributed by atoms with Gasteiger partial charge in [-0.15, -0.1) is 0 Å². The fourth-order valence-electron chi connectivity index (χ4n) is 0.595. The average molecular weight is 201 g/mol. The Hall–Kier alpha value is -1.85. The number of carbonyl (C=O) groups excluding carboxylic acids is 3. The van der Waals surface area contributed by atoms with Gasteiger partial charge in [0.1, 0.15) is 0 Å². The molecule has 6 nitrogen and oxygen atoms in total. The maximum absolute atomic E-state index is 11.0. The largest absolute Gasteiger partial charge is 0.465 e. The zero-order valence-corrected chi connectivity index (χ0v) is 8.12. The molecule has 0 aliphatic heterocycles. The number of esters is 2. The second-order valence-corrected chi connectivity index (χ2v) is 2.24. The first-order chi connectivity index (χ1) is 6.52. The summed E-state index contributed by atoms with van der Waals surface area (Å²) < 4.78 is 8.62. The van der Waals surface area contributed by atoms with Crippen LogP contribution in [0.15, 0.2) is 11.8 Å². The lowest BCUT2D eigenvalue weighted by molar-refractivity contribution is -0.144. The number of hydrogen-bond donors (Lipinski definition) is 1. The highest BCUT2D eigenvalue weighted by Crippen LogP contribution is 1.98. The predicted molar refractivity (Wildman–Crippen MR) is 45.9 cm³/mol. The maximum Gasteiger partial charge on any atom is 0.346 e. The molecule has 0 spiro atoms. The molecule has 0 unspecified atom stereocenters. The van der Waals surface area contributed by atoms with Gasteiger partial charge in [-0.25, -0.2) is 9.59 Å². The van der Waals surface area contributed by atoms with E-state index in [0.717, 1.165) is 20.4 Å². The van der Waals surface area contributed by atoms with Crippen LogP contribution in [0.2, 0.25) is 0 Å². The first kappa shape index (κ1) is 12.2. The molecule has 0 heterocycles. The van der Waals surface area contributed by atoms with Gasteiger partial charge in [-0.1, -0.05) is 0 Å². The van der Waals surface area contributed by atoms with Crippen molar-refractivity contribution in [2.45, 2.75) is 6.92 Å². The van der Waals surface area contributed by atoms with Crippen molar-refractivity contribution in [1.29, 1.82) is 0 Å². The number of amides is 1. The lowest BCUT2D eigenvalue weighted by Gasteiger charge is -2.02. The molecule has 0 bridgehead atoms. The van der Waals surface area contributed by atoms with Gasteiger partial charge in [-0.05, 0) is 0 Å². The predicted octanol–water partition coefficient (Wildman–Crippen LogP) is -0.648. The summed E-state index contributed by atoms with van der Waals surface area (Å²) in [5.74, 6) is -2.15. The van der Waals surface area contributed by atoms with Crippen molar-refractivity contribution in [3.63, 3.8) is 0 Å². The van der Waals surface area contributed by atoms with Crippen molar-refractivity contribution in [3.05, 3.63) is 11.8 Å². The van der Waals surface area contributed by atoms with E-state index in [1.54, 1.807) is 0 Å². The van der Waals surface area contributed by atoms with Gasteiger partial charge in [0.05, 0.1) is 14.2 Å². The van der Waals surface area contributed by atoms with Crippen molar-refractivity contribution in [1.82, 2.24) is 5.32 Å². The van der Waals surface area contributed by atoms with E-state index < -0.39 is 17.8 Å². The van der Waals surface area contributed by atoms with Crippen LogP contribution >= 0.6 is 0 Å². The van der Waals surface area contributed by atoms with Crippen LogP contribution in [-0.4, -0.2) is 32.1 Å². The van der Waals surface area contributed by atoms with Gasteiger partial charge in [0.25, 0.3) is 0 Å². The SMILES string of the molecule is COC(=O)C(=CNC(C)=O)C(=O)OC. The fourth-order valence-corrected chi connectivity index (χ4v) is 0.595. The minimum absolute atomic E-state index is 0.370. The van der Waals surface area contributed by atoms with Crippen LogP contribution in [0.4, 0.5) is 0 Å². The number of carbonyl (C=O) groups is 3. The van der Waals surface area contributed by atoms with Gasteiger partial charge in [-0.2, -0.15) is 0 Å². The maximum atomic E-state index is 11.0. The molecule has 0 fully saturated rings. The molecule has 1 N–H and O–H groups in total. The smallest absolute Gasteiger partial charge is 0.346 e. The Bertz CT molecular complexity index is 263. The molecule has 0 aliphatic carbocycles. The molecule has 0 aromatic rings. The molecule has 0 aromatic carbocycles. The van der Waals surface area contributed by atoms with Crippen LogP contribution in [0.25, 0.3) is 0 Å². The number of methoxy groups -OCH3 is 2. The third kappa shape index (κ3) is 3.70. The Morgan fingerprint density at radius 3 is 1.79 bits per heavy atom. The summed E-state index contributed by atoms with van der Waals surface area (Å²) in [7, 11) is 2.24. The Morgan fingerprint density at radius 1 is 1.07 bits per heavy atom. The number of hydrogen-bond acceptors (Lipinski definition) is 5. The summed E-state index contributed by atoms with van der Waals surface area (Å²) in [5.41, 5.74) is -0.370.